The molecular weight excluding hydrogens is 250 g/mol. The number of nitrogens with zero attached hydrogens (tertiary/aromatic N) is 1. The molecule has 19 heavy (non-hydrogen) atoms. The van der Waals surface area contributed by atoms with E-state index in [2.05, 4.69) is 0 Å². The molecule has 0 fully saturated rings. The summed E-state index contributed by atoms with van der Waals surface area (Å²) in [5, 5.41) is 18.8. The molecule has 3 rings (SSSR count). The molecule has 1 aliphatic heterocycles. The van der Waals surface area contributed by atoms with Crippen molar-refractivity contribution < 1.29 is 24.5 Å². The zero-order valence-corrected chi connectivity index (χ0v) is 9.66. The highest BCUT2D eigenvalue weighted by Gasteiger charge is 2.20. The number of carboxylic acid groups (broad SMARTS) is 2. The van der Waals surface area contributed by atoms with Crippen LogP contribution in [0, 0.1) is 0 Å². The normalized spacial score (nSPS) is 13.6. The smallest absolute Gasteiger partial charge is 0.416 e. The van der Waals surface area contributed by atoms with E-state index < -0.39 is 12.1 Å². The van der Waals surface area contributed by atoms with Gasteiger partial charge in [-0.1, -0.05) is 6.07 Å². The molecule has 2 N–H and O–H groups in total. The Morgan fingerprint density at radius 2 is 2.05 bits per heavy atom. The van der Waals surface area contributed by atoms with E-state index in [-0.39, 0.29) is 12.2 Å². The molecule has 0 saturated carbocycles. The highest BCUT2D eigenvalue weighted by atomic mass is 16.5. The Labute approximate surface area is 107 Å². The second kappa shape index (κ2) is 3.88. The molecule has 1 aliphatic rings. The summed E-state index contributed by atoms with van der Waals surface area (Å²) >= 11 is 0. The Morgan fingerprint density at radius 3 is 2.74 bits per heavy atom. The molecule has 6 heteroatoms. The molecule has 2 heterocycles. The Morgan fingerprint density at radius 1 is 1.26 bits per heavy atom. The topological polar surface area (TPSA) is 88.8 Å². The zero-order chi connectivity index (χ0) is 13.6. The summed E-state index contributed by atoms with van der Waals surface area (Å²) in [6.07, 6.45) is 1.72. The molecular formula is C13H9NO5. The molecule has 0 atom stereocenters. The molecule has 1 aromatic heterocycles. The number of hydrogen-bond donors (Lipinski definition) is 2. The van der Waals surface area contributed by atoms with Crippen molar-refractivity contribution in [3.63, 3.8) is 0 Å². The van der Waals surface area contributed by atoms with Crippen molar-refractivity contribution in [1.82, 2.24) is 4.57 Å². The molecule has 2 aromatic rings. The minimum Gasteiger partial charge on any atom is -0.488 e. The summed E-state index contributed by atoms with van der Waals surface area (Å²) in [7, 11) is 0. The third-order valence-electron chi connectivity index (χ3n) is 3.01. The van der Waals surface area contributed by atoms with E-state index >= 15 is 0 Å². The van der Waals surface area contributed by atoms with Crippen molar-refractivity contribution in [1.29, 1.82) is 0 Å². The summed E-state index contributed by atoms with van der Waals surface area (Å²) in [4.78, 5) is 22.2. The average Bonchev–Trinajstić information content (AvgIpc) is 2.62. The first-order valence-corrected chi connectivity index (χ1v) is 5.52. The monoisotopic (exact) mass is 259 g/mol. The summed E-state index contributed by atoms with van der Waals surface area (Å²) < 4.78 is 6.49. The Kier molecular flexibility index (Phi) is 2.31. The van der Waals surface area contributed by atoms with Crippen LogP contribution in [0.15, 0.2) is 30.0 Å². The molecule has 96 valence electrons. The zero-order valence-electron chi connectivity index (χ0n) is 9.66. The van der Waals surface area contributed by atoms with Crippen LogP contribution in [0.1, 0.15) is 5.56 Å². The van der Waals surface area contributed by atoms with Crippen LogP contribution in [0.4, 0.5) is 4.79 Å². The third-order valence-corrected chi connectivity index (χ3v) is 3.01. The summed E-state index contributed by atoms with van der Waals surface area (Å²) in [6, 6.07) is 5.02. The second-order valence-electron chi connectivity index (χ2n) is 4.15. The lowest BCUT2D eigenvalue weighted by atomic mass is 10.1. The fraction of sp³-hybridized carbons (Fsp3) is 0.0769. The van der Waals surface area contributed by atoms with Crippen molar-refractivity contribution in [2.75, 3.05) is 6.61 Å². The van der Waals surface area contributed by atoms with Crippen molar-refractivity contribution in [2.45, 2.75) is 0 Å². The molecule has 0 aliphatic carbocycles. The maximum atomic E-state index is 11.2. The fourth-order valence-corrected chi connectivity index (χ4v) is 2.18. The van der Waals surface area contributed by atoms with Gasteiger partial charge in [0.1, 0.15) is 12.4 Å². The number of benzene rings is 1. The van der Waals surface area contributed by atoms with Gasteiger partial charge in [0, 0.05) is 17.1 Å². The summed E-state index contributed by atoms with van der Waals surface area (Å²) in [5.41, 5.74) is 1.09. The summed E-state index contributed by atoms with van der Waals surface area (Å²) in [6.45, 7) is -0.0454. The lowest BCUT2D eigenvalue weighted by molar-refractivity contribution is -0.132. The van der Waals surface area contributed by atoms with E-state index in [1.165, 1.54) is 12.3 Å². The van der Waals surface area contributed by atoms with Gasteiger partial charge < -0.3 is 14.9 Å². The highest BCUT2D eigenvalue weighted by molar-refractivity contribution is 6.03. The molecule has 0 spiro atoms. The third kappa shape index (κ3) is 1.65. The number of carboxylic acids is 1. The quantitative estimate of drug-likeness (QED) is 0.817. The molecule has 0 saturated heterocycles. The van der Waals surface area contributed by atoms with Crippen LogP contribution in [-0.2, 0) is 4.79 Å². The van der Waals surface area contributed by atoms with Crippen molar-refractivity contribution in [3.05, 3.63) is 35.5 Å². The van der Waals surface area contributed by atoms with E-state index in [0.717, 1.165) is 4.57 Å². The van der Waals surface area contributed by atoms with E-state index in [9.17, 15) is 9.59 Å². The van der Waals surface area contributed by atoms with Gasteiger partial charge in [0.2, 0.25) is 0 Å². The average molecular weight is 259 g/mol. The number of aromatic nitrogens is 1. The van der Waals surface area contributed by atoms with Crippen LogP contribution in [0.2, 0.25) is 0 Å². The van der Waals surface area contributed by atoms with Crippen LogP contribution in [-0.4, -0.2) is 33.4 Å². The van der Waals surface area contributed by atoms with Gasteiger partial charge in [0.15, 0.2) is 0 Å². The Bertz CT molecular complexity index is 741. The Hall–Kier alpha value is -2.76. The van der Waals surface area contributed by atoms with E-state index in [0.29, 0.717) is 22.2 Å². The van der Waals surface area contributed by atoms with Gasteiger partial charge in [-0.2, -0.15) is 0 Å². The van der Waals surface area contributed by atoms with Gasteiger partial charge in [-0.15, -0.1) is 0 Å². The first-order valence-electron chi connectivity index (χ1n) is 5.52. The lowest BCUT2D eigenvalue weighted by Gasteiger charge is -2.06. The molecule has 0 amide bonds. The van der Waals surface area contributed by atoms with Crippen LogP contribution >= 0.6 is 0 Å². The molecule has 0 unspecified atom stereocenters. The van der Waals surface area contributed by atoms with Crippen molar-refractivity contribution >= 4 is 29.0 Å². The van der Waals surface area contributed by atoms with Gasteiger partial charge in [-0.3, -0.25) is 4.57 Å². The van der Waals surface area contributed by atoms with Crippen molar-refractivity contribution in [3.8, 4) is 5.75 Å². The number of aliphatic carboxylic acids is 1. The Balaban J connectivity index is 2.35. The van der Waals surface area contributed by atoms with E-state index in [4.69, 9.17) is 14.9 Å². The van der Waals surface area contributed by atoms with Gasteiger partial charge in [0.25, 0.3) is 0 Å². The van der Waals surface area contributed by atoms with Crippen LogP contribution in [0.5, 0.6) is 5.75 Å². The van der Waals surface area contributed by atoms with Gasteiger partial charge in [-0.25, -0.2) is 9.59 Å². The number of ether oxygens (including phenoxy) is 1. The van der Waals surface area contributed by atoms with Crippen LogP contribution in [0.3, 0.4) is 0 Å². The van der Waals surface area contributed by atoms with Crippen LogP contribution < -0.4 is 4.74 Å². The SMILES string of the molecule is O=C(O)C1=Cc2cn(C(=O)O)c3cccc(c23)OC1. The van der Waals surface area contributed by atoms with E-state index in [1.54, 1.807) is 18.2 Å². The minimum atomic E-state index is -1.13. The van der Waals surface area contributed by atoms with Crippen LogP contribution in [0.25, 0.3) is 17.0 Å². The van der Waals surface area contributed by atoms with Gasteiger partial charge in [-0.05, 0) is 18.2 Å². The number of carbonyl (C=O) groups is 2. The second-order valence-corrected chi connectivity index (χ2v) is 4.15. The minimum absolute atomic E-state index is 0.0454. The predicted octanol–water partition coefficient (Wildman–Crippen LogP) is 2.03. The maximum absolute atomic E-state index is 11.2. The lowest BCUT2D eigenvalue weighted by Crippen LogP contribution is -2.09. The highest BCUT2D eigenvalue weighted by Crippen LogP contribution is 2.34. The van der Waals surface area contributed by atoms with Crippen molar-refractivity contribution in [2.24, 2.45) is 0 Å². The largest absolute Gasteiger partial charge is 0.488 e. The first-order chi connectivity index (χ1) is 9.08. The predicted molar refractivity (Wildman–Crippen MR) is 66.5 cm³/mol. The fourth-order valence-electron chi connectivity index (χ4n) is 2.18. The summed E-state index contributed by atoms with van der Waals surface area (Å²) in [5.74, 6) is -0.593. The number of rotatable bonds is 1. The maximum Gasteiger partial charge on any atom is 0.416 e. The van der Waals surface area contributed by atoms with Gasteiger partial charge in [0.05, 0.1) is 11.1 Å². The number of hydrogen-bond acceptors (Lipinski definition) is 3. The first kappa shape index (κ1) is 11.3. The molecule has 0 radical (unpaired) electrons. The molecule has 1 aromatic carbocycles. The molecule has 0 bridgehead atoms. The standard InChI is InChI=1S/C13H9NO5/c15-12(16)8-4-7-5-14(13(17)18)9-2-1-3-10(11(7)9)19-6-8/h1-5H,6H2,(H,15,16)(H,17,18). The molecule has 6 nitrogen and oxygen atoms in total. The van der Waals surface area contributed by atoms with E-state index in [1.807, 2.05) is 0 Å². The van der Waals surface area contributed by atoms with Gasteiger partial charge >= 0.3 is 12.1 Å².